The highest BCUT2D eigenvalue weighted by Gasteiger charge is 2.54. The minimum Gasteiger partial charge on any atom is -0.392 e. The normalized spacial score (nSPS) is 35.6. The van der Waals surface area contributed by atoms with Crippen molar-refractivity contribution in [1.82, 2.24) is 0 Å². The molecular weight excluding hydrogens is 232 g/mol. The van der Waals surface area contributed by atoms with Crippen LogP contribution in [0.25, 0.3) is 0 Å². The first-order valence-corrected chi connectivity index (χ1v) is 6.39. The molecule has 0 aromatic heterocycles. The van der Waals surface area contributed by atoms with E-state index >= 15 is 0 Å². The third-order valence-corrected chi connectivity index (χ3v) is 3.38. The van der Waals surface area contributed by atoms with Gasteiger partial charge in [0.2, 0.25) is 0 Å². The quantitative estimate of drug-likeness (QED) is 0.497. The van der Waals surface area contributed by atoms with Crippen molar-refractivity contribution in [3.05, 3.63) is 35.5 Å². The van der Waals surface area contributed by atoms with E-state index in [0.29, 0.717) is 11.1 Å². The molecular formula is C14H20O4. The van der Waals surface area contributed by atoms with Gasteiger partial charge in [0.25, 0.3) is 0 Å². The average molecular weight is 252 g/mol. The third-order valence-electron chi connectivity index (χ3n) is 3.38. The van der Waals surface area contributed by atoms with E-state index in [0.717, 1.165) is 12.8 Å². The number of epoxide rings is 1. The Hall–Kier alpha value is -0.940. The molecule has 0 unspecified atom stereocenters. The number of allylic oxidation sites excluding steroid dienone is 3. The van der Waals surface area contributed by atoms with Crippen LogP contribution in [0, 0.1) is 0 Å². The third kappa shape index (κ3) is 2.57. The highest BCUT2D eigenvalue weighted by Crippen LogP contribution is 2.40. The van der Waals surface area contributed by atoms with Gasteiger partial charge in [0, 0.05) is 0 Å². The van der Waals surface area contributed by atoms with Gasteiger partial charge in [0.15, 0.2) is 0 Å². The lowest BCUT2D eigenvalue weighted by molar-refractivity contribution is 0.141. The lowest BCUT2D eigenvalue weighted by Crippen LogP contribution is -2.35. The molecule has 0 aromatic rings. The van der Waals surface area contributed by atoms with E-state index in [1.807, 2.05) is 18.2 Å². The predicted octanol–water partition coefficient (Wildman–Crippen LogP) is 0.691. The Morgan fingerprint density at radius 3 is 2.56 bits per heavy atom. The van der Waals surface area contributed by atoms with Gasteiger partial charge in [-0.15, -0.1) is 0 Å². The van der Waals surface area contributed by atoms with E-state index in [1.165, 1.54) is 0 Å². The maximum absolute atomic E-state index is 10.0. The zero-order valence-electron chi connectivity index (χ0n) is 10.5. The van der Waals surface area contributed by atoms with Crippen LogP contribution in [0.2, 0.25) is 0 Å². The number of rotatable bonds is 5. The van der Waals surface area contributed by atoms with Gasteiger partial charge in [0.1, 0.15) is 24.4 Å². The van der Waals surface area contributed by atoms with Gasteiger partial charge in [-0.25, -0.2) is 0 Å². The van der Waals surface area contributed by atoms with Crippen LogP contribution in [0.15, 0.2) is 35.5 Å². The first-order valence-electron chi connectivity index (χ1n) is 6.39. The fourth-order valence-electron chi connectivity index (χ4n) is 2.27. The molecule has 1 aliphatic carbocycles. The highest BCUT2D eigenvalue weighted by atomic mass is 16.6. The second kappa shape index (κ2) is 5.80. The maximum Gasteiger partial charge on any atom is 0.117 e. The van der Waals surface area contributed by atoms with Crippen molar-refractivity contribution in [2.24, 2.45) is 0 Å². The lowest BCUT2D eigenvalue weighted by atomic mass is 9.87. The lowest BCUT2D eigenvalue weighted by Gasteiger charge is -2.23. The van der Waals surface area contributed by atoms with Crippen LogP contribution < -0.4 is 0 Å². The Morgan fingerprint density at radius 1 is 1.17 bits per heavy atom. The van der Waals surface area contributed by atoms with Crippen LogP contribution in [0.5, 0.6) is 0 Å². The number of fused-ring (bicyclic) bond motifs is 1. The van der Waals surface area contributed by atoms with E-state index < -0.39 is 12.2 Å². The molecule has 4 atom stereocenters. The largest absolute Gasteiger partial charge is 0.392 e. The molecule has 2 rings (SSSR count). The minimum atomic E-state index is -0.803. The second-order valence-electron chi connectivity index (χ2n) is 4.67. The molecule has 0 saturated carbocycles. The molecule has 1 heterocycles. The summed E-state index contributed by atoms with van der Waals surface area (Å²) in [5.74, 6) is 0. The fourth-order valence-corrected chi connectivity index (χ4v) is 2.27. The van der Waals surface area contributed by atoms with Gasteiger partial charge in [-0.2, -0.15) is 0 Å². The van der Waals surface area contributed by atoms with Crippen LogP contribution in [-0.2, 0) is 4.74 Å². The second-order valence-corrected chi connectivity index (χ2v) is 4.67. The molecule has 1 saturated heterocycles. The smallest absolute Gasteiger partial charge is 0.117 e. The van der Waals surface area contributed by atoms with Crippen molar-refractivity contribution in [2.75, 3.05) is 6.61 Å². The molecule has 0 bridgehead atoms. The zero-order valence-corrected chi connectivity index (χ0v) is 10.5. The first kappa shape index (κ1) is 13.5. The van der Waals surface area contributed by atoms with Crippen molar-refractivity contribution < 1.29 is 20.1 Å². The molecule has 4 nitrogen and oxygen atoms in total. The summed E-state index contributed by atoms with van der Waals surface area (Å²) in [6, 6.07) is 0. The summed E-state index contributed by atoms with van der Waals surface area (Å²) in [6.07, 6.45) is 7.37. The van der Waals surface area contributed by atoms with Crippen molar-refractivity contribution in [3.8, 4) is 0 Å². The van der Waals surface area contributed by atoms with E-state index in [-0.39, 0.29) is 18.8 Å². The molecule has 4 heteroatoms. The SMILES string of the molecule is CCC/C=C/C=C/C1=C(CO)[C@@H](O)[C@H]2O[C@H]2[C@@H]1O. The Balaban J connectivity index is 2.11. The predicted molar refractivity (Wildman–Crippen MR) is 68.0 cm³/mol. The van der Waals surface area contributed by atoms with Crippen molar-refractivity contribution in [2.45, 2.75) is 44.2 Å². The van der Waals surface area contributed by atoms with Gasteiger partial charge in [-0.3, -0.25) is 0 Å². The Bertz CT molecular complexity index is 383. The molecule has 100 valence electrons. The first-order chi connectivity index (χ1) is 8.70. The van der Waals surface area contributed by atoms with E-state index in [2.05, 4.69) is 6.92 Å². The van der Waals surface area contributed by atoms with Crippen molar-refractivity contribution >= 4 is 0 Å². The van der Waals surface area contributed by atoms with Gasteiger partial charge in [-0.1, -0.05) is 37.6 Å². The van der Waals surface area contributed by atoms with Crippen LogP contribution in [0.4, 0.5) is 0 Å². The van der Waals surface area contributed by atoms with Crippen LogP contribution in [0.1, 0.15) is 19.8 Å². The standard InChI is InChI=1S/C14H20O4/c1-2-3-4-5-6-7-9-10(8-15)12(17)14-13(18-14)11(9)16/h4-7,11-17H,2-3,8H2,1H3/b5-4+,7-6+/t11-,12-,13+,14-/m1/s1. The number of ether oxygens (including phenoxy) is 1. The van der Waals surface area contributed by atoms with E-state index in [9.17, 15) is 15.3 Å². The summed E-state index contributed by atoms with van der Waals surface area (Å²) >= 11 is 0. The monoisotopic (exact) mass is 252 g/mol. The summed E-state index contributed by atoms with van der Waals surface area (Å²) in [5.41, 5.74) is 1.03. The summed E-state index contributed by atoms with van der Waals surface area (Å²) in [6.45, 7) is 1.84. The molecule has 0 aromatic carbocycles. The number of hydrogen-bond acceptors (Lipinski definition) is 4. The number of aliphatic hydroxyl groups excluding tert-OH is 3. The summed E-state index contributed by atoms with van der Waals surface area (Å²) in [7, 11) is 0. The summed E-state index contributed by atoms with van der Waals surface area (Å²) < 4.78 is 5.20. The molecule has 18 heavy (non-hydrogen) atoms. The van der Waals surface area contributed by atoms with Gasteiger partial charge >= 0.3 is 0 Å². The number of hydrogen-bond donors (Lipinski definition) is 3. The Morgan fingerprint density at radius 2 is 1.89 bits per heavy atom. The highest BCUT2D eigenvalue weighted by molar-refractivity contribution is 5.40. The molecule has 0 radical (unpaired) electrons. The molecule has 1 fully saturated rings. The number of unbranched alkanes of at least 4 members (excludes halogenated alkanes) is 1. The Kier molecular flexibility index (Phi) is 4.35. The minimum absolute atomic E-state index is 0.261. The summed E-state index contributed by atoms with van der Waals surface area (Å²) in [5, 5.41) is 29.2. The van der Waals surface area contributed by atoms with Crippen LogP contribution in [0.3, 0.4) is 0 Å². The molecule has 0 spiro atoms. The zero-order chi connectivity index (χ0) is 13.1. The molecule has 3 N–H and O–H groups in total. The van der Waals surface area contributed by atoms with Crippen molar-refractivity contribution in [3.63, 3.8) is 0 Å². The van der Waals surface area contributed by atoms with Gasteiger partial charge in [0.05, 0.1) is 6.61 Å². The van der Waals surface area contributed by atoms with E-state index in [1.54, 1.807) is 6.08 Å². The van der Waals surface area contributed by atoms with Gasteiger partial charge in [-0.05, 0) is 17.6 Å². The molecule has 1 aliphatic heterocycles. The van der Waals surface area contributed by atoms with E-state index in [4.69, 9.17) is 4.74 Å². The Labute approximate surface area is 107 Å². The average Bonchev–Trinajstić information content (AvgIpc) is 3.15. The maximum atomic E-state index is 10.0. The number of aliphatic hydroxyl groups is 3. The molecule has 2 aliphatic rings. The summed E-state index contributed by atoms with van der Waals surface area (Å²) in [4.78, 5) is 0. The fraction of sp³-hybridized carbons (Fsp3) is 0.571. The topological polar surface area (TPSA) is 73.2 Å². The molecule has 0 amide bonds. The van der Waals surface area contributed by atoms with Crippen molar-refractivity contribution in [1.29, 1.82) is 0 Å². The van der Waals surface area contributed by atoms with Gasteiger partial charge < -0.3 is 20.1 Å². The van der Waals surface area contributed by atoms with Crippen LogP contribution >= 0.6 is 0 Å². The van der Waals surface area contributed by atoms with Crippen LogP contribution in [-0.4, -0.2) is 46.3 Å².